The van der Waals surface area contributed by atoms with Gasteiger partial charge in [-0.05, 0) is 60.7 Å². The number of aryl methyl sites for hydroxylation is 1. The second kappa shape index (κ2) is 7.88. The quantitative estimate of drug-likeness (QED) is 0.642. The number of hydrogen-bond acceptors (Lipinski definition) is 3. The Kier molecular flexibility index (Phi) is 5.56. The topological polar surface area (TPSA) is 78.9 Å². The molecular weight excluding hydrogens is 345 g/mol. The molecule has 2 atom stereocenters. The van der Waals surface area contributed by atoms with Crippen molar-refractivity contribution in [2.45, 2.75) is 38.3 Å². The van der Waals surface area contributed by atoms with Crippen LogP contribution in [0.15, 0.2) is 47.5 Å². The Morgan fingerprint density at radius 1 is 1.30 bits per heavy atom. The number of carbonyl (C=O) groups is 1. The van der Waals surface area contributed by atoms with E-state index >= 15 is 0 Å². The number of benzene rings is 2. The van der Waals surface area contributed by atoms with E-state index in [1.807, 2.05) is 37.1 Å². The monoisotopic (exact) mass is 369 g/mol. The summed E-state index contributed by atoms with van der Waals surface area (Å²) in [5.41, 5.74) is 8.98. The molecule has 1 amide bonds. The van der Waals surface area contributed by atoms with Crippen LogP contribution in [0.3, 0.4) is 0 Å². The molecule has 0 heterocycles. The highest BCUT2D eigenvalue weighted by Gasteiger charge is 2.32. The average molecular weight is 369 g/mol. The standard InChI is InChI=1S/C21H24FN3O2/c1-13(25(2)12-14-3-7-16(22)8-4-14)24-17-9-5-15-6-10-19(26)20(21(23)27)18(15)11-17/h3-5,7-9,11,19-20,26H,6,10,12H2,1-2H3,(H2,23,27)/t19-,20-/m1/s1. The smallest absolute Gasteiger partial charge is 0.227 e. The van der Waals surface area contributed by atoms with Gasteiger partial charge < -0.3 is 15.7 Å². The van der Waals surface area contributed by atoms with Crippen molar-refractivity contribution in [2.24, 2.45) is 10.7 Å². The third-order valence-corrected chi connectivity index (χ3v) is 5.04. The Bertz CT molecular complexity index is 864. The molecule has 0 unspecified atom stereocenters. The number of amidine groups is 1. The normalized spacial score (nSPS) is 19.5. The van der Waals surface area contributed by atoms with Gasteiger partial charge in [-0.2, -0.15) is 0 Å². The summed E-state index contributed by atoms with van der Waals surface area (Å²) < 4.78 is 13.0. The molecular formula is C21H24FN3O2. The molecule has 2 aromatic carbocycles. The van der Waals surface area contributed by atoms with E-state index in [2.05, 4.69) is 4.99 Å². The zero-order valence-electron chi connectivity index (χ0n) is 15.5. The van der Waals surface area contributed by atoms with Crippen LogP contribution in [-0.4, -0.2) is 34.9 Å². The van der Waals surface area contributed by atoms with E-state index in [0.717, 1.165) is 22.5 Å². The summed E-state index contributed by atoms with van der Waals surface area (Å²) in [6, 6.07) is 12.1. The Hall–Kier alpha value is -2.73. The number of aliphatic imine (C=N–C) groups is 1. The van der Waals surface area contributed by atoms with E-state index in [9.17, 15) is 14.3 Å². The first-order valence-electron chi connectivity index (χ1n) is 8.96. The van der Waals surface area contributed by atoms with Gasteiger partial charge in [0, 0.05) is 13.6 Å². The van der Waals surface area contributed by atoms with Gasteiger partial charge in [-0.3, -0.25) is 4.79 Å². The van der Waals surface area contributed by atoms with Crippen LogP contribution in [0.5, 0.6) is 0 Å². The molecule has 3 N–H and O–H groups in total. The van der Waals surface area contributed by atoms with Crippen molar-refractivity contribution in [1.82, 2.24) is 4.90 Å². The van der Waals surface area contributed by atoms with Crippen LogP contribution in [0.25, 0.3) is 0 Å². The number of hydrogen-bond donors (Lipinski definition) is 2. The molecule has 5 nitrogen and oxygen atoms in total. The number of rotatable bonds is 4. The number of primary amides is 1. The highest BCUT2D eigenvalue weighted by atomic mass is 19.1. The van der Waals surface area contributed by atoms with Crippen LogP contribution < -0.4 is 5.73 Å². The van der Waals surface area contributed by atoms with E-state index in [4.69, 9.17) is 5.73 Å². The molecule has 1 aliphatic rings. The third-order valence-electron chi connectivity index (χ3n) is 5.04. The number of carbonyl (C=O) groups excluding carboxylic acids is 1. The Morgan fingerprint density at radius 2 is 2.00 bits per heavy atom. The largest absolute Gasteiger partial charge is 0.392 e. The summed E-state index contributed by atoms with van der Waals surface area (Å²) in [7, 11) is 1.91. The van der Waals surface area contributed by atoms with Crippen LogP contribution in [0.1, 0.15) is 36.0 Å². The van der Waals surface area contributed by atoms with Crippen molar-refractivity contribution >= 4 is 17.4 Å². The fourth-order valence-corrected chi connectivity index (χ4v) is 3.44. The fourth-order valence-electron chi connectivity index (χ4n) is 3.44. The predicted molar refractivity (Wildman–Crippen MR) is 103 cm³/mol. The molecule has 2 aromatic rings. The highest BCUT2D eigenvalue weighted by molar-refractivity contribution is 5.85. The minimum Gasteiger partial charge on any atom is -0.392 e. The van der Waals surface area contributed by atoms with Gasteiger partial charge in [0.05, 0.1) is 17.7 Å². The first-order chi connectivity index (χ1) is 12.8. The van der Waals surface area contributed by atoms with Gasteiger partial charge in [0.15, 0.2) is 0 Å². The molecule has 0 bridgehead atoms. The van der Waals surface area contributed by atoms with E-state index in [0.29, 0.717) is 25.1 Å². The summed E-state index contributed by atoms with van der Waals surface area (Å²) in [5.74, 6) is -0.686. The van der Waals surface area contributed by atoms with Gasteiger partial charge >= 0.3 is 0 Å². The Labute approximate surface area is 158 Å². The summed E-state index contributed by atoms with van der Waals surface area (Å²) in [6.07, 6.45) is 0.493. The molecule has 1 aliphatic carbocycles. The molecule has 6 heteroatoms. The number of nitrogens with zero attached hydrogens (tertiary/aromatic N) is 2. The SMILES string of the molecule is CC(=Nc1ccc2c(c1)[C@@H](C(N)=O)[C@H](O)CC2)N(C)Cc1ccc(F)cc1. The zero-order valence-corrected chi connectivity index (χ0v) is 15.5. The maximum absolute atomic E-state index is 13.0. The lowest BCUT2D eigenvalue weighted by Crippen LogP contribution is -2.35. The molecule has 3 rings (SSSR count). The maximum Gasteiger partial charge on any atom is 0.227 e. The second-order valence-corrected chi connectivity index (χ2v) is 7.01. The first-order valence-corrected chi connectivity index (χ1v) is 8.96. The van der Waals surface area contributed by atoms with Gasteiger partial charge in [0.1, 0.15) is 11.7 Å². The second-order valence-electron chi connectivity index (χ2n) is 7.01. The summed E-state index contributed by atoms with van der Waals surface area (Å²) in [6.45, 7) is 2.49. The van der Waals surface area contributed by atoms with Crippen molar-refractivity contribution in [3.63, 3.8) is 0 Å². The predicted octanol–water partition coefficient (Wildman–Crippen LogP) is 2.88. The summed E-state index contributed by atoms with van der Waals surface area (Å²) in [4.78, 5) is 18.4. The van der Waals surface area contributed by atoms with Crippen LogP contribution in [0, 0.1) is 5.82 Å². The first kappa shape index (κ1) is 19.0. The minimum atomic E-state index is -0.753. The molecule has 0 spiro atoms. The third kappa shape index (κ3) is 4.34. The maximum atomic E-state index is 13.0. The average Bonchev–Trinajstić information content (AvgIpc) is 2.63. The molecule has 0 fully saturated rings. The number of nitrogens with two attached hydrogens (primary N) is 1. The van der Waals surface area contributed by atoms with Gasteiger partial charge in [-0.15, -0.1) is 0 Å². The van der Waals surface area contributed by atoms with Crippen molar-refractivity contribution in [1.29, 1.82) is 0 Å². The van der Waals surface area contributed by atoms with Gasteiger partial charge in [-0.1, -0.05) is 18.2 Å². The number of aliphatic hydroxyl groups excluding tert-OH is 1. The molecule has 0 radical (unpaired) electrons. The Balaban J connectivity index is 1.81. The van der Waals surface area contributed by atoms with E-state index < -0.39 is 17.9 Å². The summed E-state index contributed by atoms with van der Waals surface area (Å²) in [5, 5.41) is 10.2. The Morgan fingerprint density at radius 3 is 2.67 bits per heavy atom. The van der Waals surface area contributed by atoms with Gasteiger partial charge in [0.2, 0.25) is 5.91 Å². The van der Waals surface area contributed by atoms with E-state index in [1.165, 1.54) is 12.1 Å². The van der Waals surface area contributed by atoms with Gasteiger partial charge in [0.25, 0.3) is 0 Å². The number of amides is 1. The molecule has 0 aliphatic heterocycles. The molecule has 142 valence electrons. The van der Waals surface area contributed by atoms with E-state index in [-0.39, 0.29) is 5.82 Å². The van der Waals surface area contributed by atoms with Crippen molar-refractivity contribution in [3.8, 4) is 0 Å². The number of halogens is 1. The molecule has 0 aromatic heterocycles. The van der Waals surface area contributed by atoms with Crippen LogP contribution in [0.4, 0.5) is 10.1 Å². The fraction of sp³-hybridized carbons (Fsp3) is 0.333. The van der Waals surface area contributed by atoms with Crippen molar-refractivity contribution < 1.29 is 14.3 Å². The lowest BCUT2D eigenvalue weighted by Gasteiger charge is -2.28. The number of aliphatic hydroxyl groups is 1. The lowest BCUT2D eigenvalue weighted by molar-refractivity contribution is -0.122. The highest BCUT2D eigenvalue weighted by Crippen LogP contribution is 2.34. The molecule has 0 saturated heterocycles. The van der Waals surface area contributed by atoms with Crippen molar-refractivity contribution in [2.75, 3.05) is 7.05 Å². The zero-order chi connectivity index (χ0) is 19.6. The summed E-state index contributed by atoms with van der Waals surface area (Å²) >= 11 is 0. The van der Waals surface area contributed by atoms with E-state index in [1.54, 1.807) is 12.1 Å². The van der Waals surface area contributed by atoms with Crippen molar-refractivity contribution in [3.05, 3.63) is 65.0 Å². The lowest BCUT2D eigenvalue weighted by atomic mass is 9.80. The number of fused-ring (bicyclic) bond motifs is 1. The molecule has 0 saturated carbocycles. The van der Waals surface area contributed by atoms with Crippen LogP contribution >= 0.6 is 0 Å². The van der Waals surface area contributed by atoms with Gasteiger partial charge in [-0.25, -0.2) is 9.38 Å². The minimum absolute atomic E-state index is 0.257. The van der Waals surface area contributed by atoms with Crippen LogP contribution in [0.2, 0.25) is 0 Å². The van der Waals surface area contributed by atoms with Crippen LogP contribution in [-0.2, 0) is 17.8 Å². The molecule has 27 heavy (non-hydrogen) atoms.